The van der Waals surface area contributed by atoms with Gasteiger partial charge in [0.1, 0.15) is 0 Å². The standard InChI is InChI=1S/C17H18INO3S/c1-3-16(12-8-10-13(11-9-12)23(2,21)22)19-17(20)14-6-4-5-7-15(14)18/h4-11,16H,3H2,1-2H3,(H,19,20)/t16-/m0/s1. The number of benzene rings is 2. The van der Waals surface area contributed by atoms with Gasteiger partial charge in [-0.1, -0.05) is 31.2 Å². The number of hydrogen-bond donors (Lipinski definition) is 1. The quantitative estimate of drug-likeness (QED) is 0.719. The first-order chi connectivity index (χ1) is 10.8. The van der Waals surface area contributed by atoms with Crippen LogP contribution < -0.4 is 5.32 Å². The molecule has 0 fully saturated rings. The van der Waals surface area contributed by atoms with E-state index in [1.165, 1.54) is 6.26 Å². The molecule has 0 bridgehead atoms. The van der Waals surface area contributed by atoms with Crippen LogP contribution in [0.15, 0.2) is 53.4 Å². The van der Waals surface area contributed by atoms with Gasteiger partial charge in [0.25, 0.3) is 5.91 Å². The monoisotopic (exact) mass is 443 g/mol. The molecule has 1 amide bonds. The third-order valence-electron chi connectivity index (χ3n) is 3.54. The van der Waals surface area contributed by atoms with E-state index in [2.05, 4.69) is 27.9 Å². The van der Waals surface area contributed by atoms with Crippen molar-refractivity contribution in [3.8, 4) is 0 Å². The second kappa shape index (κ2) is 7.44. The summed E-state index contributed by atoms with van der Waals surface area (Å²) in [6, 6.07) is 13.9. The summed E-state index contributed by atoms with van der Waals surface area (Å²) >= 11 is 2.13. The summed E-state index contributed by atoms with van der Waals surface area (Å²) in [5.41, 5.74) is 1.53. The molecule has 1 N–H and O–H groups in total. The first-order valence-corrected chi connectivity index (χ1v) is 10.2. The highest BCUT2D eigenvalue weighted by molar-refractivity contribution is 14.1. The average molecular weight is 443 g/mol. The number of halogens is 1. The smallest absolute Gasteiger partial charge is 0.252 e. The van der Waals surface area contributed by atoms with Crippen molar-refractivity contribution in [3.63, 3.8) is 0 Å². The minimum atomic E-state index is -3.21. The number of hydrogen-bond acceptors (Lipinski definition) is 3. The van der Waals surface area contributed by atoms with Gasteiger partial charge < -0.3 is 5.32 Å². The van der Waals surface area contributed by atoms with Gasteiger partial charge in [0.2, 0.25) is 0 Å². The number of carbonyl (C=O) groups is 1. The number of carbonyl (C=O) groups excluding carboxylic acids is 1. The molecule has 2 rings (SSSR count). The first kappa shape index (κ1) is 17.9. The van der Waals surface area contributed by atoms with Gasteiger partial charge in [0, 0.05) is 9.83 Å². The summed E-state index contributed by atoms with van der Waals surface area (Å²) in [5.74, 6) is -0.131. The summed E-state index contributed by atoms with van der Waals surface area (Å²) in [4.78, 5) is 12.7. The predicted octanol–water partition coefficient (Wildman–Crippen LogP) is 3.58. The van der Waals surface area contributed by atoms with Crippen LogP contribution in [0.1, 0.15) is 35.3 Å². The maximum atomic E-state index is 12.4. The summed E-state index contributed by atoms with van der Waals surface area (Å²) in [5, 5.41) is 3.01. The fourth-order valence-corrected chi connectivity index (χ4v) is 3.51. The molecule has 122 valence electrons. The Morgan fingerprint density at radius 1 is 1.13 bits per heavy atom. The molecular weight excluding hydrogens is 425 g/mol. The van der Waals surface area contributed by atoms with E-state index in [-0.39, 0.29) is 16.8 Å². The Morgan fingerprint density at radius 3 is 2.26 bits per heavy atom. The summed E-state index contributed by atoms with van der Waals surface area (Å²) in [7, 11) is -3.21. The van der Waals surface area contributed by atoms with Crippen molar-refractivity contribution in [1.29, 1.82) is 0 Å². The Kier molecular flexibility index (Phi) is 5.80. The number of amides is 1. The fourth-order valence-electron chi connectivity index (χ4n) is 2.25. The lowest BCUT2D eigenvalue weighted by atomic mass is 10.0. The van der Waals surface area contributed by atoms with Crippen LogP contribution in [0.3, 0.4) is 0 Å². The highest BCUT2D eigenvalue weighted by Crippen LogP contribution is 2.20. The average Bonchev–Trinajstić information content (AvgIpc) is 2.52. The molecule has 0 saturated carbocycles. The van der Waals surface area contributed by atoms with E-state index < -0.39 is 9.84 Å². The number of nitrogens with one attached hydrogen (secondary N) is 1. The molecule has 0 heterocycles. The minimum absolute atomic E-state index is 0.131. The van der Waals surface area contributed by atoms with Gasteiger partial charge in [-0.15, -0.1) is 0 Å². The largest absolute Gasteiger partial charge is 0.345 e. The van der Waals surface area contributed by atoms with Crippen molar-refractivity contribution < 1.29 is 13.2 Å². The second-order valence-electron chi connectivity index (χ2n) is 5.26. The van der Waals surface area contributed by atoms with Gasteiger partial charge in [-0.05, 0) is 58.8 Å². The maximum Gasteiger partial charge on any atom is 0.252 e. The Hall–Kier alpha value is -1.41. The molecular formula is C17H18INO3S. The van der Waals surface area contributed by atoms with E-state index in [0.29, 0.717) is 12.0 Å². The van der Waals surface area contributed by atoms with Crippen LogP contribution in [0.25, 0.3) is 0 Å². The molecule has 0 aliphatic carbocycles. The summed E-state index contributed by atoms with van der Waals surface area (Å²) < 4.78 is 23.9. The van der Waals surface area contributed by atoms with E-state index in [1.54, 1.807) is 30.3 Å². The summed E-state index contributed by atoms with van der Waals surface area (Å²) in [6.45, 7) is 1.98. The summed E-state index contributed by atoms with van der Waals surface area (Å²) in [6.07, 6.45) is 1.89. The molecule has 4 nitrogen and oxygen atoms in total. The van der Waals surface area contributed by atoms with Crippen LogP contribution in [0.4, 0.5) is 0 Å². The molecule has 6 heteroatoms. The van der Waals surface area contributed by atoms with Crippen LogP contribution in [-0.2, 0) is 9.84 Å². The zero-order valence-electron chi connectivity index (χ0n) is 12.9. The highest BCUT2D eigenvalue weighted by atomic mass is 127. The van der Waals surface area contributed by atoms with E-state index >= 15 is 0 Å². The fraction of sp³-hybridized carbons (Fsp3) is 0.235. The Balaban J connectivity index is 2.20. The lowest BCUT2D eigenvalue weighted by Crippen LogP contribution is -2.28. The minimum Gasteiger partial charge on any atom is -0.345 e. The SMILES string of the molecule is CC[C@H](NC(=O)c1ccccc1I)c1ccc(S(C)(=O)=O)cc1. The third kappa shape index (κ3) is 4.54. The van der Waals surface area contributed by atoms with Gasteiger partial charge >= 0.3 is 0 Å². The van der Waals surface area contributed by atoms with Gasteiger partial charge in [-0.25, -0.2) is 8.42 Å². The Labute approximate surface area is 150 Å². The predicted molar refractivity (Wildman–Crippen MR) is 99.2 cm³/mol. The molecule has 2 aromatic carbocycles. The molecule has 0 radical (unpaired) electrons. The van der Waals surface area contributed by atoms with Gasteiger partial charge in [-0.2, -0.15) is 0 Å². The molecule has 0 spiro atoms. The van der Waals surface area contributed by atoms with Crippen LogP contribution in [-0.4, -0.2) is 20.6 Å². The molecule has 1 atom stereocenters. The zero-order chi connectivity index (χ0) is 17.0. The lowest BCUT2D eigenvalue weighted by Gasteiger charge is -2.18. The van der Waals surface area contributed by atoms with Gasteiger partial charge in [-0.3, -0.25) is 4.79 Å². The molecule has 0 unspecified atom stereocenters. The molecule has 0 aliphatic heterocycles. The normalized spacial score (nSPS) is 12.7. The van der Waals surface area contributed by atoms with Crippen molar-refractivity contribution in [2.75, 3.05) is 6.26 Å². The van der Waals surface area contributed by atoms with E-state index in [4.69, 9.17) is 0 Å². The van der Waals surface area contributed by atoms with Crippen molar-refractivity contribution >= 4 is 38.3 Å². The zero-order valence-corrected chi connectivity index (χ0v) is 15.9. The van der Waals surface area contributed by atoms with Crippen molar-refractivity contribution in [3.05, 3.63) is 63.2 Å². The van der Waals surface area contributed by atoms with Crippen LogP contribution in [0.5, 0.6) is 0 Å². The van der Waals surface area contributed by atoms with Crippen molar-refractivity contribution in [2.45, 2.75) is 24.3 Å². The van der Waals surface area contributed by atoms with Crippen molar-refractivity contribution in [1.82, 2.24) is 5.32 Å². The van der Waals surface area contributed by atoms with Gasteiger partial charge in [0.15, 0.2) is 9.84 Å². The molecule has 0 aliphatic rings. The van der Waals surface area contributed by atoms with Crippen molar-refractivity contribution in [2.24, 2.45) is 0 Å². The topological polar surface area (TPSA) is 63.2 Å². The Bertz CT molecular complexity index is 801. The van der Waals surface area contributed by atoms with E-state index in [9.17, 15) is 13.2 Å². The molecule has 23 heavy (non-hydrogen) atoms. The third-order valence-corrected chi connectivity index (χ3v) is 5.61. The van der Waals surface area contributed by atoms with E-state index in [0.717, 1.165) is 9.13 Å². The number of rotatable bonds is 5. The molecule has 2 aromatic rings. The first-order valence-electron chi connectivity index (χ1n) is 7.18. The number of sulfone groups is 1. The Morgan fingerprint density at radius 2 is 1.74 bits per heavy atom. The van der Waals surface area contributed by atoms with E-state index in [1.807, 2.05) is 25.1 Å². The van der Waals surface area contributed by atoms with Crippen LogP contribution in [0.2, 0.25) is 0 Å². The molecule has 0 saturated heterocycles. The van der Waals surface area contributed by atoms with Crippen LogP contribution >= 0.6 is 22.6 Å². The van der Waals surface area contributed by atoms with Gasteiger partial charge in [0.05, 0.1) is 16.5 Å². The lowest BCUT2D eigenvalue weighted by molar-refractivity contribution is 0.0934. The molecule has 0 aromatic heterocycles. The van der Waals surface area contributed by atoms with Crippen LogP contribution in [0, 0.1) is 3.57 Å². The highest BCUT2D eigenvalue weighted by Gasteiger charge is 2.16. The second-order valence-corrected chi connectivity index (χ2v) is 8.43. The maximum absolute atomic E-state index is 12.4.